The second kappa shape index (κ2) is 6.34. The number of hydrogen-bond donors (Lipinski definition) is 1. The van der Waals surface area contributed by atoms with Crippen LogP contribution in [0.2, 0.25) is 0 Å². The van der Waals surface area contributed by atoms with Crippen LogP contribution in [0.25, 0.3) is 10.8 Å². The second-order valence-electron chi connectivity index (χ2n) is 7.53. The van der Waals surface area contributed by atoms with E-state index in [1.54, 1.807) is 0 Å². The van der Waals surface area contributed by atoms with Gasteiger partial charge >= 0.3 is 6.09 Å². The fraction of sp³-hybridized carbons (Fsp3) is 0.450. The zero-order valence-electron chi connectivity index (χ0n) is 14.9. The van der Waals surface area contributed by atoms with Crippen LogP contribution < -0.4 is 10.2 Å². The van der Waals surface area contributed by atoms with Gasteiger partial charge in [-0.15, -0.1) is 0 Å². The number of rotatable bonds is 2. The molecule has 1 aliphatic heterocycles. The third-order valence-corrected chi connectivity index (χ3v) is 4.34. The van der Waals surface area contributed by atoms with Crippen LogP contribution in [0.1, 0.15) is 32.8 Å². The molecule has 0 saturated carbocycles. The summed E-state index contributed by atoms with van der Waals surface area (Å²) in [6.45, 7) is 9.55. The highest BCUT2D eigenvalue weighted by Crippen LogP contribution is 2.31. The molecule has 1 amide bonds. The van der Waals surface area contributed by atoms with E-state index in [4.69, 9.17) is 4.74 Å². The van der Waals surface area contributed by atoms with Crippen LogP contribution in [0.5, 0.6) is 0 Å². The molecule has 0 unspecified atom stereocenters. The second-order valence-corrected chi connectivity index (χ2v) is 7.53. The van der Waals surface area contributed by atoms with Crippen molar-refractivity contribution in [1.29, 1.82) is 0 Å². The topological polar surface area (TPSA) is 41.6 Å². The van der Waals surface area contributed by atoms with Crippen molar-refractivity contribution < 1.29 is 9.53 Å². The van der Waals surface area contributed by atoms with E-state index in [-0.39, 0.29) is 12.1 Å². The van der Waals surface area contributed by atoms with E-state index in [1.807, 2.05) is 20.8 Å². The Morgan fingerprint density at radius 2 is 1.92 bits per heavy atom. The van der Waals surface area contributed by atoms with Gasteiger partial charge in [0.1, 0.15) is 5.60 Å². The third-order valence-electron chi connectivity index (χ3n) is 4.34. The zero-order valence-corrected chi connectivity index (χ0v) is 14.9. The molecule has 4 heteroatoms. The van der Waals surface area contributed by atoms with E-state index in [1.165, 1.54) is 22.0 Å². The first kappa shape index (κ1) is 16.6. The number of benzene rings is 2. The van der Waals surface area contributed by atoms with Gasteiger partial charge in [-0.25, -0.2) is 4.79 Å². The van der Waals surface area contributed by atoms with Gasteiger partial charge in [0.05, 0.1) is 6.04 Å². The van der Waals surface area contributed by atoms with Crippen molar-refractivity contribution in [1.82, 2.24) is 5.32 Å². The van der Waals surface area contributed by atoms with Gasteiger partial charge in [0.2, 0.25) is 0 Å². The van der Waals surface area contributed by atoms with Crippen LogP contribution in [-0.2, 0) is 4.74 Å². The fourth-order valence-corrected chi connectivity index (χ4v) is 3.34. The molecule has 4 nitrogen and oxygen atoms in total. The minimum absolute atomic E-state index is 0.124. The Labute approximate surface area is 143 Å². The Morgan fingerprint density at radius 3 is 2.62 bits per heavy atom. The van der Waals surface area contributed by atoms with E-state index in [9.17, 15) is 4.79 Å². The third kappa shape index (κ3) is 3.64. The van der Waals surface area contributed by atoms with E-state index in [2.05, 4.69) is 53.5 Å². The van der Waals surface area contributed by atoms with Crippen molar-refractivity contribution in [2.45, 2.75) is 45.8 Å². The lowest BCUT2D eigenvalue weighted by atomic mass is 10.0. The molecule has 0 aliphatic carbocycles. The summed E-state index contributed by atoms with van der Waals surface area (Å²) < 4.78 is 5.36. The van der Waals surface area contributed by atoms with Gasteiger partial charge in [0, 0.05) is 24.2 Å². The normalized spacial score (nSPS) is 18.0. The summed E-state index contributed by atoms with van der Waals surface area (Å²) in [5.74, 6) is 0. The van der Waals surface area contributed by atoms with Gasteiger partial charge in [-0.1, -0.05) is 30.3 Å². The molecule has 1 fully saturated rings. The van der Waals surface area contributed by atoms with Crippen molar-refractivity contribution in [2.24, 2.45) is 0 Å². The Hall–Kier alpha value is -2.23. The number of fused-ring (bicyclic) bond motifs is 1. The molecular formula is C20H26N2O2. The number of aryl methyl sites for hydroxylation is 1. The summed E-state index contributed by atoms with van der Waals surface area (Å²) in [4.78, 5) is 14.3. The number of nitrogens with one attached hydrogen (secondary N) is 1. The number of amides is 1. The van der Waals surface area contributed by atoms with Gasteiger partial charge in [0.15, 0.2) is 0 Å². The maximum absolute atomic E-state index is 12.0. The fourth-order valence-electron chi connectivity index (χ4n) is 3.34. The summed E-state index contributed by atoms with van der Waals surface area (Å²) in [6, 6.07) is 12.9. The molecule has 2 aromatic carbocycles. The number of carbonyl (C=O) groups excluding carboxylic acids is 1. The molecule has 1 N–H and O–H groups in total. The molecule has 1 heterocycles. The first-order chi connectivity index (χ1) is 11.3. The highest BCUT2D eigenvalue weighted by atomic mass is 16.6. The molecule has 3 rings (SSSR count). The maximum atomic E-state index is 12.0. The first-order valence-corrected chi connectivity index (χ1v) is 8.56. The molecule has 24 heavy (non-hydrogen) atoms. The summed E-state index contributed by atoms with van der Waals surface area (Å²) in [5, 5.41) is 5.56. The molecule has 0 aromatic heterocycles. The minimum atomic E-state index is -0.463. The van der Waals surface area contributed by atoms with E-state index < -0.39 is 5.60 Å². The molecule has 0 radical (unpaired) electrons. The Balaban J connectivity index is 1.74. The van der Waals surface area contributed by atoms with Crippen LogP contribution >= 0.6 is 0 Å². The summed E-state index contributed by atoms with van der Waals surface area (Å²) in [7, 11) is 0. The van der Waals surface area contributed by atoms with Gasteiger partial charge < -0.3 is 15.0 Å². The van der Waals surface area contributed by atoms with E-state index in [0.29, 0.717) is 0 Å². The van der Waals surface area contributed by atoms with Crippen LogP contribution in [0.15, 0.2) is 36.4 Å². The molecule has 1 aliphatic rings. The van der Waals surface area contributed by atoms with Crippen LogP contribution in [0.3, 0.4) is 0 Å². The number of ether oxygens (including phenoxy) is 1. The number of hydrogen-bond acceptors (Lipinski definition) is 3. The molecule has 0 bridgehead atoms. The average Bonchev–Trinajstić information content (AvgIpc) is 2.93. The van der Waals surface area contributed by atoms with E-state index in [0.717, 1.165) is 19.5 Å². The molecular weight excluding hydrogens is 300 g/mol. The van der Waals surface area contributed by atoms with Crippen LogP contribution in [0, 0.1) is 6.92 Å². The summed E-state index contributed by atoms with van der Waals surface area (Å²) in [6.07, 6.45) is 0.602. The summed E-state index contributed by atoms with van der Waals surface area (Å²) in [5.41, 5.74) is 2.07. The Morgan fingerprint density at radius 1 is 1.21 bits per heavy atom. The van der Waals surface area contributed by atoms with Gasteiger partial charge in [-0.3, -0.25) is 0 Å². The highest BCUT2D eigenvalue weighted by Gasteiger charge is 2.27. The highest BCUT2D eigenvalue weighted by molar-refractivity contribution is 5.97. The Kier molecular flexibility index (Phi) is 4.39. The molecule has 0 spiro atoms. The number of alkyl carbamates (subject to hydrolysis) is 1. The minimum Gasteiger partial charge on any atom is -0.444 e. The maximum Gasteiger partial charge on any atom is 0.407 e. The number of nitrogens with zero attached hydrogens (tertiary/aromatic N) is 1. The Bertz CT molecular complexity index is 744. The lowest BCUT2D eigenvalue weighted by Crippen LogP contribution is -2.40. The predicted octanol–water partition coefficient (Wildman–Crippen LogP) is 4.25. The van der Waals surface area contributed by atoms with Gasteiger partial charge in [-0.2, -0.15) is 0 Å². The zero-order chi connectivity index (χ0) is 17.3. The molecule has 2 aromatic rings. The molecule has 128 valence electrons. The molecule has 1 atom stereocenters. The number of carbonyl (C=O) groups is 1. The van der Waals surface area contributed by atoms with Gasteiger partial charge in [0.25, 0.3) is 0 Å². The van der Waals surface area contributed by atoms with Crippen molar-refractivity contribution >= 4 is 22.6 Å². The lowest BCUT2D eigenvalue weighted by molar-refractivity contribution is 0.0509. The van der Waals surface area contributed by atoms with Crippen molar-refractivity contribution in [3.63, 3.8) is 0 Å². The number of anilines is 1. The monoisotopic (exact) mass is 326 g/mol. The lowest BCUT2D eigenvalue weighted by Gasteiger charge is -2.23. The van der Waals surface area contributed by atoms with Crippen LogP contribution in [0.4, 0.5) is 10.5 Å². The van der Waals surface area contributed by atoms with Crippen molar-refractivity contribution in [3.05, 3.63) is 42.0 Å². The van der Waals surface area contributed by atoms with Crippen molar-refractivity contribution in [3.8, 4) is 0 Å². The quantitative estimate of drug-likeness (QED) is 0.897. The first-order valence-electron chi connectivity index (χ1n) is 8.56. The van der Waals surface area contributed by atoms with Crippen LogP contribution in [-0.4, -0.2) is 30.8 Å². The predicted molar refractivity (Wildman–Crippen MR) is 98.7 cm³/mol. The largest absolute Gasteiger partial charge is 0.444 e. The van der Waals surface area contributed by atoms with E-state index >= 15 is 0 Å². The standard InChI is InChI=1S/C20H26N2O2/c1-14-7-5-8-15-9-6-10-17(18(14)15)22-12-11-16(13-22)21-19(23)24-20(2,3)4/h5-10,16H,11-13H2,1-4H3,(H,21,23)/t16-/m1/s1. The van der Waals surface area contributed by atoms with Crippen molar-refractivity contribution in [2.75, 3.05) is 18.0 Å². The average molecular weight is 326 g/mol. The SMILES string of the molecule is Cc1cccc2cccc(N3CC[C@@H](NC(=O)OC(C)(C)C)C3)c12. The molecule has 1 saturated heterocycles. The smallest absolute Gasteiger partial charge is 0.407 e. The summed E-state index contributed by atoms with van der Waals surface area (Å²) >= 11 is 0. The van der Waals surface area contributed by atoms with Gasteiger partial charge in [-0.05, 0) is 51.1 Å².